The molecule has 0 bridgehead atoms. The van der Waals surface area contributed by atoms with Gasteiger partial charge >= 0.3 is 12.0 Å². The van der Waals surface area contributed by atoms with E-state index in [1.807, 2.05) is 4.90 Å². The molecule has 5 nitrogen and oxygen atoms in total. The molecule has 2 aromatic rings. The number of rotatable bonds is 3. The molecule has 1 aromatic carbocycles. The Balaban J connectivity index is 1.90. The molecule has 1 aliphatic heterocycles. The van der Waals surface area contributed by atoms with Crippen molar-refractivity contribution in [2.24, 2.45) is 0 Å². The Bertz CT molecular complexity index is 663. The van der Waals surface area contributed by atoms with Crippen molar-refractivity contribution >= 4 is 17.7 Å². The Kier molecular flexibility index (Phi) is 3.64. The Morgan fingerprint density at radius 1 is 1.48 bits per heavy atom. The molecule has 0 aliphatic carbocycles. The van der Waals surface area contributed by atoms with Crippen LogP contribution < -0.4 is 4.90 Å². The topological polar surface area (TPSA) is 55.6 Å². The monoisotopic (exact) mass is 286 g/mol. The SMILES string of the molecule is CCOC(=O)c1coc(N2CCCc3cc(C)ccc32)n1. The summed E-state index contributed by atoms with van der Waals surface area (Å²) >= 11 is 0. The minimum Gasteiger partial charge on any atom is -0.461 e. The van der Waals surface area contributed by atoms with Gasteiger partial charge in [0, 0.05) is 12.2 Å². The van der Waals surface area contributed by atoms with Crippen molar-refractivity contribution in [2.75, 3.05) is 18.1 Å². The first kappa shape index (κ1) is 13.7. The van der Waals surface area contributed by atoms with Crippen LogP contribution in [0.1, 0.15) is 35.0 Å². The summed E-state index contributed by atoms with van der Waals surface area (Å²) in [5.41, 5.74) is 3.85. The molecule has 0 radical (unpaired) electrons. The van der Waals surface area contributed by atoms with Crippen molar-refractivity contribution in [3.8, 4) is 0 Å². The fourth-order valence-electron chi connectivity index (χ4n) is 2.61. The number of ether oxygens (including phenoxy) is 1. The molecule has 1 aromatic heterocycles. The standard InChI is InChI=1S/C16H18N2O3/c1-3-20-15(19)13-10-21-16(17-13)18-8-4-5-12-9-11(2)6-7-14(12)18/h6-7,9-10H,3-5,8H2,1-2H3. The smallest absolute Gasteiger partial charge is 0.360 e. The average Bonchev–Trinajstić information content (AvgIpc) is 2.96. The van der Waals surface area contributed by atoms with Gasteiger partial charge in [0.2, 0.25) is 0 Å². The van der Waals surface area contributed by atoms with E-state index in [1.165, 1.54) is 17.4 Å². The normalized spacial score (nSPS) is 13.9. The minimum absolute atomic E-state index is 0.214. The van der Waals surface area contributed by atoms with E-state index in [2.05, 4.69) is 30.1 Å². The third kappa shape index (κ3) is 2.63. The van der Waals surface area contributed by atoms with Crippen LogP contribution in [0.3, 0.4) is 0 Å². The van der Waals surface area contributed by atoms with Gasteiger partial charge in [-0.2, -0.15) is 4.98 Å². The van der Waals surface area contributed by atoms with Crippen LogP contribution in [-0.2, 0) is 11.2 Å². The van der Waals surface area contributed by atoms with Crippen molar-refractivity contribution in [1.29, 1.82) is 0 Å². The molecule has 0 N–H and O–H groups in total. The summed E-state index contributed by atoms with van der Waals surface area (Å²) in [5.74, 6) is -0.450. The maximum absolute atomic E-state index is 11.7. The van der Waals surface area contributed by atoms with Crippen molar-refractivity contribution in [1.82, 2.24) is 4.98 Å². The van der Waals surface area contributed by atoms with Crippen molar-refractivity contribution in [3.63, 3.8) is 0 Å². The highest BCUT2D eigenvalue weighted by atomic mass is 16.5. The highest BCUT2D eigenvalue weighted by Gasteiger charge is 2.23. The molecule has 0 fully saturated rings. The van der Waals surface area contributed by atoms with Crippen LogP contribution in [0.25, 0.3) is 0 Å². The summed E-state index contributed by atoms with van der Waals surface area (Å²) in [7, 11) is 0. The fourth-order valence-corrected chi connectivity index (χ4v) is 2.61. The molecule has 0 unspecified atom stereocenters. The Hall–Kier alpha value is -2.30. The molecule has 3 rings (SSSR count). The van der Waals surface area contributed by atoms with Crippen LogP contribution >= 0.6 is 0 Å². The molecule has 0 saturated carbocycles. The maximum atomic E-state index is 11.7. The predicted octanol–water partition coefficient (Wildman–Crippen LogP) is 3.24. The lowest BCUT2D eigenvalue weighted by Gasteiger charge is -2.28. The van der Waals surface area contributed by atoms with E-state index in [4.69, 9.17) is 9.15 Å². The lowest BCUT2D eigenvalue weighted by Crippen LogP contribution is -2.25. The molecular weight excluding hydrogens is 268 g/mol. The summed E-state index contributed by atoms with van der Waals surface area (Å²) < 4.78 is 10.4. The van der Waals surface area contributed by atoms with Crippen molar-refractivity contribution < 1.29 is 13.9 Å². The number of hydrogen-bond donors (Lipinski definition) is 0. The summed E-state index contributed by atoms with van der Waals surface area (Å²) in [6.07, 6.45) is 3.45. The van der Waals surface area contributed by atoms with Gasteiger partial charge in [-0.25, -0.2) is 4.79 Å². The molecule has 0 atom stereocenters. The Labute approximate surface area is 123 Å². The first-order valence-electron chi connectivity index (χ1n) is 7.18. The van der Waals surface area contributed by atoms with Crippen molar-refractivity contribution in [2.45, 2.75) is 26.7 Å². The number of aryl methyl sites for hydroxylation is 2. The third-order valence-corrected chi connectivity index (χ3v) is 3.56. The van der Waals surface area contributed by atoms with Gasteiger partial charge in [-0.3, -0.25) is 4.90 Å². The summed E-state index contributed by atoms with van der Waals surface area (Å²) in [6, 6.07) is 6.80. The highest BCUT2D eigenvalue weighted by Crippen LogP contribution is 2.33. The van der Waals surface area contributed by atoms with Crippen LogP contribution in [0.2, 0.25) is 0 Å². The molecule has 21 heavy (non-hydrogen) atoms. The first-order valence-corrected chi connectivity index (χ1v) is 7.18. The van der Waals surface area contributed by atoms with E-state index >= 15 is 0 Å². The Morgan fingerprint density at radius 2 is 2.33 bits per heavy atom. The van der Waals surface area contributed by atoms with Crippen LogP contribution in [-0.4, -0.2) is 24.1 Å². The summed E-state index contributed by atoms with van der Waals surface area (Å²) in [4.78, 5) is 17.9. The summed E-state index contributed by atoms with van der Waals surface area (Å²) in [5, 5.41) is 0. The Morgan fingerprint density at radius 3 is 3.14 bits per heavy atom. The number of carbonyl (C=O) groups is 1. The zero-order chi connectivity index (χ0) is 14.8. The summed E-state index contributed by atoms with van der Waals surface area (Å²) in [6.45, 7) is 5.01. The average molecular weight is 286 g/mol. The number of benzene rings is 1. The fraction of sp³-hybridized carbons (Fsp3) is 0.375. The van der Waals surface area contributed by atoms with E-state index in [0.29, 0.717) is 12.6 Å². The number of anilines is 2. The van der Waals surface area contributed by atoms with Gasteiger partial charge in [-0.1, -0.05) is 17.7 Å². The molecule has 2 heterocycles. The number of esters is 1. The molecule has 5 heteroatoms. The zero-order valence-electron chi connectivity index (χ0n) is 12.3. The molecule has 110 valence electrons. The minimum atomic E-state index is -0.450. The number of nitrogens with zero attached hydrogens (tertiary/aromatic N) is 2. The van der Waals surface area contributed by atoms with Gasteiger partial charge < -0.3 is 9.15 Å². The lowest BCUT2D eigenvalue weighted by atomic mass is 10.00. The van der Waals surface area contributed by atoms with E-state index in [-0.39, 0.29) is 5.69 Å². The lowest BCUT2D eigenvalue weighted by molar-refractivity contribution is 0.0519. The van der Waals surface area contributed by atoms with Gasteiger partial charge in [0.15, 0.2) is 5.69 Å². The van der Waals surface area contributed by atoms with Gasteiger partial charge in [0.25, 0.3) is 0 Å². The molecule has 0 amide bonds. The first-order chi connectivity index (χ1) is 10.2. The van der Waals surface area contributed by atoms with Gasteiger partial charge in [0.1, 0.15) is 6.26 Å². The highest BCUT2D eigenvalue weighted by molar-refractivity contribution is 5.87. The molecular formula is C16H18N2O3. The second-order valence-electron chi connectivity index (χ2n) is 5.12. The number of oxazole rings is 1. The van der Waals surface area contributed by atoms with Crippen LogP contribution in [0.5, 0.6) is 0 Å². The quantitative estimate of drug-likeness (QED) is 0.811. The van der Waals surface area contributed by atoms with Gasteiger partial charge in [0.05, 0.1) is 6.61 Å². The van der Waals surface area contributed by atoms with E-state index in [1.54, 1.807) is 6.92 Å². The number of carbonyl (C=O) groups excluding carboxylic acids is 1. The van der Waals surface area contributed by atoms with E-state index in [9.17, 15) is 4.79 Å². The largest absolute Gasteiger partial charge is 0.461 e. The number of aromatic nitrogens is 1. The second-order valence-corrected chi connectivity index (χ2v) is 5.12. The van der Waals surface area contributed by atoms with Crippen LogP contribution in [0.4, 0.5) is 11.7 Å². The second kappa shape index (κ2) is 5.60. The molecule has 0 spiro atoms. The third-order valence-electron chi connectivity index (χ3n) is 3.56. The van der Waals surface area contributed by atoms with Crippen molar-refractivity contribution in [3.05, 3.63) is 41.3 Å². The number of fused-ring (bicyclic) bond motifs is 1. The zero-order valence-corrected chi connectivity index (χ0v) is 12.3. The molecule has 1 aliphatic rings. The maximum Gasteiger partial charge on any atom is 0.360 e. The molecule has 0 saturated heterocycles. The van der Waals surface area contributed by atoms with E-state index < -0.39 is 5.97 Å². The van der Waals surface area contributed by atoms with Gasteiger partial charge in [-0.05, 0) is 38.3 Å². The van der Waals surface area contributed by atoms with E-state index in [0.717, 1.165) is 25.1 Å². The van der Waals surface area contributed by atoms with Crippen LogP contribution in [0.15, 0.2) is 28.9 Å². The van der Waals surface area contributed by atoms with Gasteiger partial charge in [-0.15, -0.1) is 0 Å². The van der Waals surface area contributed by atoms with Crippen LogP contribution in [0, 0.1) is 6.92 Å². The predicted molar refractivity (Wildman–Crippen MR) is 79.0 cm³/mol. The number of hydrogen-bond acceptors (Lipinski definition) is 5.